The molecule has 0 saturated heterocycles. The van der Waals surface area contributed by atoms with Crippen molar-refractivity contribution in [1.29, 1.82) is 0 Å². The van der Waals surface area contributed by atoms with Crippen molar-refractivity contribution in [3.05, 3.63) is 60.9 Å². The Bertz CT molecular complexity index is 532. The Hall–Kier alpha value is -2.36. The minimum atomic E-state index is -0.524. The smallest absolute Gasteiger partial charge is 0.303 e. The molecule has 1 unspecified atom stereocenters. The molecule has 0 aliphatic heterocycles. The highest BCUT2D eigenvalue weighted by molar-refractivity contribution is 5.68. The van der Waals surface area contributed by atoms with Gasteiger partial charge in [0, 0.05) is 19.3 Å². The lowest BCUT2D eigenvalue weighted by atomic mass is 10.1. The van der Waals surface area contributed by atoms with Gasteiger partial charge in [0.2, 0.25) is 0 Å². The summed E-state index contributed by atoms with van der Waals surface area (Å²) in [7, 11) is 0. The number of carbonyl (C=O) groups excluding carboxylic acids is 1. The lowest BCUT2D eigenvalue weighted by Crippen LogP contribution is -2.14. The third-order valence-corrected chi connectivity index (χ3v) is 2.49. The molecule has 2 rings (SSSR count). The summed E-state index contributed by atoms with van der Waals surface area (Å²) in [5, 5.41) is 4.10. The second kappa shape index (κ2) is 5.31. The van der Waals surface area contributed by atoms with Crippen LogP contribution in [0.3, 0.4) is 0 Å². The summed E-state index contributed by atoms with van der Waals surface area (Å²) in [5.74, 6) is -0.350. The summed E-state index contributed by atoms with van der Waals surface area (Å²) in [4.78, 5) is 11.2. The molecule has 1 heterocycles. The van der Waals surface area contributed by atoms with Crippen molar-refractivity contribution in [2.45, 2.75) is 13.0 Å². The quantitative estimate of drug-likeness (QED) is 0.774. The Morgan fingerprint density at radius 2 is 2.06 bits per heavy atom. The molecule has 0 spiro atoms. The van der Waals surface area contributed by atoms with E-state index >= 15 is 0 Å². The van der Waals surface area contributed by atoms with Gasteiger partial charge in [-0.15, -0.1) is 0 Å². The maximum Gasteiger partial charge on any atom is 0.303 e. The van der Waals surface area contributed by atoms with Crippen molar-refractivity contribution in [1.82, 2.24) is 9.78 Å². The van der Waals surface area contributed by atoms with E-state index in [0.717, 1.165) is 5.56 Å². The van der Waals surface area contributed by atoms with Crippen molar-refractivity contribution in [3.8, 4) is 0 Å². The highest BCUT2D eigenvalue weighted by Crippen LogP contribution is 2.27. The molecule has 0 N–H and O–H groups in total. The largest absolute Gasteiger partial charge is 0.451 e. The van der Waals surface area contributed by atoms with Crippen LogP contribution < -0.4 is 0 Å². The van der Waals surface area contributed by atoms with E-state index < -0.39 is 6.10 Å². The summed E-state index contributed by atoms with van der Waals surface area (Å²) < 4.78 is 6.92. The molecule has 0 radical (unpaired) electrons. The second-order valence-corrected chi connectivity index (χ2v) is 3.84. The van der Waals surface area contributed by atoms with E-state index in [0.29, 0.717) is 5.70 Å². The zero-order valence-electron chi connectivity index (χ0n) is 10.1. The standard InChI is InChI=1S/C14H14N2O2/c1-11(16-10-6-9-15-16)14(18-12(2)17)13-7-4-3-5-8-13/h3-10,14H,1H2,2H3. The van der Waals surface area contributed by atoms with Crippen LogP contribution >= 0.6 is 0 Å². The van der Waals surface area contributed by atoms with Gasteiger partial charge in [-0.3, -0.25) is 4.79 Å². The van der Waals surface area contributed by atoms with Crippen LogP contribution in [-0.2, 0) is 9.53 Å². The minimum Gasteiger partial charge on any atom is -0.451 e. The van der Waals surface area contributed by atoms with Crippen molar-refractivity contribution in [2.24, 2.45) is 0 Å². The molecule has 0 aliphatic carbocycles. The van der Waals surface area contributed by atoms with Crippen LogP contribution in [0.5, 0.6) is 0 Å². The van der Waals surface area contributed by atoms with Crippen LogP contribution in [0.2, 0.25) is 0 Å². The molecule has 4 nitrogen and oxygen atoms in total. The summed E-state index contributed by atoms with van der Waals surface area (Å²) in [6.45, 7) is 5.33. The van der Waals surface area contributed by atoms with Crippen LogP contribution in [0.15, 0.2) is 55.4 Å². The molecule has 0 fully saturated rings. The molecule has 1 aromatic carbocycles. The molecule has 18 heavy (non-hydrogen) atoms. The molecular weight excluding hydrogens is 228 g/mol. The second-order valence-electron chi connectivity index (χ2n) is 3.84. The lowest BCUT2D eigenvalue weighted by Gasteiger charge is -2.19. The van der Waals surface area contributed by atoms with Gasteiger partial charge in [0.05, 0.1) is 5.70 Å². The van der Waals surface area contributed by atoms with Crippen molar-refractivity contribution >= 4 is 11.7 Å². The van der Waals surface area contributed by atoms with Crippen molar-refractivity contribution in [3.63, 3.8) is 0 Å². The predicted octanol–water partition coefficient (Wildman–Crippen LogP) is 2.66. The number of rotatable bonds is 4. The summed E-state index contributed by atoms with van der Waals surface area (Å²) >= 11 is 0. The zero-order valence-corrected chi connectivity index (χ0v) is 10.1. The van der Waals surface area contributed by atoms with Gasteiger partial charge >= 0.3 is 5.97 Å². The van der Waals surface area contributed by atoms with E-state index in [2.05, 4.69) is 11.7 Å². The van der Waals surface area contributed by atoms with E-state index in [-0.39, 0.29) is 5.97 Å². The minimum absolute atomic E-state index is 0.350. The molecule has 0 amide bonds. The van der Waals surface area contributed by atoms with Crippen LogP contribution in [0.4, 0.5) is 0 Å². The van der Waals surface area contributed by atoms with Gasteiger partial charge in [0.25, 0.3) is 0 Å². The van der Waals surface area contributed by atoms with E-state index in [4.69, 9.17) is 4.74 Å². The molecule has 4 heteroatoms. The predicted molar refractivity (Wildman–Crippen MR) is 68.5 cm³/mol. The highest BCUT2D eigenvalue weighted by atomic mass is 16.5. The van der Waals surface area contributed by atoms with Gasteiger partial charge in [-0.2, -0.15) is 5.10 Å². The average Bonchev–Trinajstić information content (AvgIpc) is 2.90. The first-order chi connectivity index (χ1) is 8.68. The first-order valence-electron chi connectivity index (χ1n) is 5.59. The number of ether oxygens (including phenoxy) is 1. The molecule has 0 aliphatic rings. The van der Waals surface area contributed by atoms with Crippen LogP contribution in [0, 0.1) is 0 Å². The van der Waals surface area contributed by atoms with Gasteiger partial charge < -0.3 is 4.74 Å². The number of nitrogens with zero attached hydrogens (tertiary/aromatic N) is 2. The number of aromatic nitrogens is 2. The van der Waals surface area contributed by atoms with Crippen molar-refractivity contribution < 1.29 is 9.53 Å². The lowest BCUT2D eigenvalue weighted by molar-refractivity contribution is -0.144. The van der Waals surface area contributed by atoms with E-state index in [9.17, 15) is 4.79 Å². The number of esters is 1. The van der Waals surface area contributed by atoms with Crippen LogP contribution in [0.25, 0.3) is 5.70 Å². The number of benzene rings is 1. The highest BCUT2D eigenvalue weighted by Gasteiger charge is 2.19. The fraction of sp³-hybridized carbons (Fsp3) is 0.143. The third-order valence-electron chi connectivity index (χ3n) is 2.49. The van der Waals surface area contributed by atoms with Gasteiger partial charge in [-0.1, -0.05) is 36.9 Å². The van der Waals surface area contributed by atoms with E-state index in [1.54, 1.807) is 23.1 Å². The Morgan fingerprint density at radius 1 is 1.33 bits per heavy atom. The molecular formula is C14H14N2O2. The average molecular weight is 242 g/mol. The molecule has 1 aromatic heterocycles. The maximum atomic E-state index is 11.2. The zero-order chi connectivity index (χ0) is 13.0. The number of hydrogen-bond donors (Lipinski definition) is 0. The molecule has 0 bridgehead atoms. The number of hydrogen-bond acceptors (Lipinski definition) is 3. The fourth-order valence-corrected chi connectivity index (χ4v) is 1.68. The maximum absolute atomic E-state index is 11.2. The Morgan fingerprint density at radius 3 is 2.61 bits per heavy atom. The topological polar surface area (TPSA) is 44.1 Å². The van der Waals surface area contributed by atoms with Gasteiger partial charge in [-0.25, -0.2) is 4.68 Å². The van der Waals surface area contributed by atoms with Gasteiger partial charge in [-0.05, 0) is 11.6 Å². The first kappa shape index (κ1) is 12.1. The fourth-order valence-electron chi connectivity index (χ4n) is 1.68. The third kappa shape index (κ3) is 2.66. The van der Waals surface area contributed by atoms with Crippen molar-refractivity contribution in [2.75, 3.05) is 0 Å². The molecule has 0 saturated carbocycles. The Kier molecular flexibility index (Phi) is 3.57. The van der Waals surface area contributed by atoms with E-state index in [1.807, 2.05) is 30.3 Å². The van der Waals surface area contributed by atoms with Gasteiger partial charge in [0.15, 0.2) is 6.10 Å². The Labute approximate surface area is 106 Å². The molecule has 2 aromatic rings. The van der Waals surface area contributed by atoms with Crippen LogP contribution in [-0.4, -0.2) is 15.7 Å². The monoisotopic (exact) mass is 242 g/mol. The summed E-state index contributed by atoms with van der Waals surface area (Å²) in [5.41, 5.74) is 1.47. The normalized spacial score (nSPS) is 11.8. The summed E-state index contributed by atoms with van der Waals surface area (Å²) in [6.07, 6.45) is 2.89. The Balaban J connectivity index is 2.31. The first-order valence-corrected chi connectivity index (χ1v) is 5.59. The molecule has 92 valence electrons. The van der Waals surface area contributed by atoms with Crippen LogP contribution in [0.1, 0.15) is 18.6 Å². The van der Waals surface area contributed by atoms with Gasteiger partial charge in [0.1, 0.15) is 0 Å². The number of carbonyl (C=O) groups is 1. The molecule has 1 atom stereocenters. The summed E-state index contributed by atoms with van der Waals surface area (Å²) in [6, 6.07) is 11.3. The van der Waals surface area contributed by atoms with E-state index in [1.165, 1.54) is 6.92 Å². The SMILES string of the molecule is C=C(C(OC(C)=O)c1ccccc1)n1cccn1.